The lowest BCUT2D eigenvalue weighted by Crippen LogP contribution is -2.60. The highest BCUT2D eigenvalue weighted by molar-refractivity contribution is 7.09. The van der Waals surface area contributed by atoms with E-state index in [2.05, 4.69) is 20.9 Å². The van der Waals surface area contributed by atoms with Gasteiger partial charge in [0.2, 0.25) is 17.7 Å². The number of rotatable bonds is 21. The molecule has 1 aliphatic rings. The number of thiazole rings is 1. The van der Waals surface area contributed by atoms with E-state index >= 15 is 0 Å². The zero-order valence-electron chi connectivity index (χ0n) is 35.1. The molecule has 0 saturated carbocycles. The quantitative estimate of drug-likeness (QED) is 0.125. The third-order valence-corrected chi connectivity index (χ3v) is 11.5. The standard InChI is InChI=1S/C42H64N6O8S/c1-10-27(6)37(46-39(52)33-18-14-15-19-47(33)9)41(53)48(23-36(50)43-26(4)5)34(25(2)3)22-35(56-29(8)49)40-45-32(24-57-40)38(51)44-31(20-28(7)42(54)55)21-30-16-12-11-13-17-30/h11-13,16-17,24-28,31,33-35,37H,10,14-15,18-23H2,1-9H3,(H,43,50)(H,44,51)(H,46,52)(H,54,55)/t27-,28-,31-,33+,34-,35+,37-/m0/s1. The van der Waals surface area contributed by atoms with E-state index in [4.69, 9.17) is 4.74 Å². The van der Waals surface area contributed by atoms with Crippen molar-refractivity contribution in [2.75, 3.05) is 20.1 Å². The molecule has 2 heterocycles. The Hall–Kier alpha value is -4.37. The van der Waals surface area contributed by atoms with Crippen LogP contribution in [-0.4, -0.2) is 106 Å². The zero-order valence-corrected chi connectivity index (χ0v) is 35.9. The topological polar surface area (TPSA) is 187 Å². The molecule has 3 rings (SSSR count). The van der Waals surface area contributed by atoms with E-state index in [1.54, 1.807) is 12.3 Å². The Morgan fingerprint density at radius 1 is 0.982 bits per heavy atom. The van der Waals surface area contributed by atoms with Gasteiger partial charge in [-0.3, -0.25) is 33.7 Å². The van der Waals surface area contributed by atoms with Gasteiger partial charge < -0.3 is 30.7 Å². The Morgan fingerprint density at radius 2 is 1.67 bits per heavy atom. The fourth-order valence-corrected chi connectivity index (χ4v) is 8.03. The number of aromatic nitrogens is 1. The molecule has 0 spiro atoms. The molecular weight excluding hydrogens is 749 g/mol. The number of likely N-dealkylation sites (tertiary alicyclic amines) is 1. The SMILES string of the molecule is CC[C@H](C)[C@H](NC(=O)[C@H]1CCCCN1C)C(=O)N(CC(=O)NC(C)C)[C@@H](C[C@@H](OC(C)=O)c1nc(C(=O)N[C@H](Cc2ccccc2)C[C@H](C)C(=O)O)cs1)C(C)C. The summed E-state index contributed by atoms with van der Waals surface area (Å²) in [6.45, 7) is 14.7. The number of aliphatic carboxylic acids is 1. The molecule has 1 aromatic carbocycles. The van der Waals surface area contributed by atoms with Gasteiger partial charge in [-0.2, -0.15) is 0 Å². The predicted molar refractivity (Wildman–Crippen MR) is 219 cm³/mol. The average Bonchev–Trinajstić information content (AvgIpc) is 3.65. The molecule has 0 unspecified atom stereocenters. The number of nitrogens with zero attached hydrogens (tertiary/aromatic N) is 3. The minimum absolute atomic E-state index is 0.0613. The summed E-state index contributed by atoms with van der Waals surface area (Å²) in [5.41, 5.74) is 1.01. The molecule has 14 nitrogen and oxygen atoms in total. The first-order valence-electron chi connectivity index (χ1n) is 20.2. The third-order valence-electron chi connectivity index (χ3n) is 10.6. The number of likely N-dealkylation sites (N-methyl/N-ethyl adjacent to an activating group) is 1. The molecule has 4 N–H and O–H groups in total. The number of ether oxygens (including phenoxy) is 1. The number of carbonyl (C=O) groups is 6. The highest BCUT2D eigenvalue weighted by Gasteiger charge is 2.39. The summed E-state index contributed by atoms with van der Waals surface area (Å²) in [5, 5.41) is 20.4. The highest BCUT2D eigenvalue weighted by Crippen LogP contribution is 2.32. The molecule has 0 aliphatic carbocycles. The summed E-state index contributed by atoms with van der Waals surface area (Å²) >= 11 is 1.13. The maximum atomic E-state index is 14.8. The smallest absolute Gasteiger partial charge is 0.306 e. The van der Waals surface area contributed by atoms with Crippen LogP contribution in [0.3, 0.4) is 0 Å². The summed E-state index contributed by atoms with van der Waals surface area (Å²) in [6, 6.07) is 6.83. The fraction of sp³-hybridized carbons (Fsp3) is 0.643. The Kier molecular flexibility index (Phi) is 18.6. The number of hydrogen-bond donors (Lipinski definition) is 4. The Balaban J connectivity index is 1.96. The molecule has 1 aliphatic heterocycles. The molecule has 316 valence electrons. The van der Waals surface area contributed by atoms with Gasteiger partial charge in [-0.05, 0) is 70.5 Å². The molecule has 1 fully saturated rings. The minimum atomic E-state index is -0.982. The van der Waals surface area contributed by atoms with Crippen LogP contribution in [0.25, 0.3) is 0 Å². The predicted octanol–water partition coefficient (Wildman–Crippen LogP) is 4.98. The summed E-state index contributed by atoms with van der Waals surface area (Å²) in [4.78, 5) is 87.9. The van der Waals surface area contributed by atoms with Crippen LogP contribution < -0.4 is 16.0 Å². The van der Waals surface area contributed by atoms with Crippen LogP contribution in [0.5, 0.6) is 0 Å². The second-order valence-electron chi connectivity index (χ2n) is 16.1. The fourth-order valence-electron chi connectivity index (χ4n) is 7.20. The lowest BCUT2D eigenvalue weighted by Gasteiger charge is -2.40. The van der Waals surface area contributed by atoms with E-state index in [9.17, 15) is 33.9 Å². The molecule has 1 saturated heterocycles. The number of carbonyl (C=O) groups excluding carboxylic acids is 5. The highest BCUT2D eigenvalue weighted by atomic mass is 32.1. The molecule has 7 atom stereocenters. The molecule has 0 radical (unpaired) electrons. The van der Waals surface area contributed by atoms with Gasteiger partial charge in [0.25, 0.3) is 5.91 Å². The second-order valence-corrected chi connectivity index (χ2v) is 17.0. The van der Waals surface area contributed by atoms with E-state index in [1.165, 1.54) is 11.8 Å². The number of nitrogens with one attached hydrogen (secondary N) is 3. The average molecular weight is 813 g/mol. The van der Waals surface area contributed by atoms with E-state index in [-0.39, 0.29) is 60.8 Å². The largest absolute Gasteiger partial charge is 0.481 e. The lowest BCUT2D eigenvalue weighted by atomic mass is 9.92. The Labute approximate surface area is 341 Å². The summed E-state index contributed by atoms with van der Waals surface area (Å²) in [6.07, 6.45) is 2.88. The summed E-state index contributed by atoms with van der Waals surface area (Å²) in [7, 11) is 1.91. The summed E-state index contributed by atoms with van der Waals surface area (Å²) in [5.74, 6) is -4.27. The molecule has 57 heavy (non-hydrogen) atoms. The van der Waals surface area contributed by atoms with Gasteiger partial charge in [-0.25, -0.2) is 4.98 Å². The maximum Gasteiger partial charge on any atom is 0.306 e. The first-order chi connectivity index (χ1) is 26.9. The van der Waals surface area contributed by atoms with Crippen molar-refractivity contribution in [3.63, 3.8) is 0 Å². The zero-order chi connectivity index (χ0) is 42.4. The van der Waals surface area contributed by atoms with Crippen LogP contribution in [0, 0.1) is 17.8 Å². The van der Waals surface area contributed by atoms with Crippen molar-refractivity contribution in [1.82, 2.24) is 30.7 Å². The normalized spacial score (nSPS) is 17.8. The molecule has 0 bridgehead atoms. The third kappa shape index (κ3) is 14.5. The van der Waals surface area contributed by atoms with Crippen molar-refractivity contribution in [2.45, 2.75) is 137 Å². The number of hydrogen-bond acceptors (Lipinski definition) is 10. The van der Waals surface area contributed by atoms with Crippen LogP contribution in [-0.2, 0) is 35.1 Å². The van der Waals surface area contributed by atoms with E-state index in [0.717, 1.165) is 36.3 Å². The van der Waals surface area contributed by atoms with Crippen molar-refractivity contribution in [3.05, 3.63) is 52.0 Å². The van der Waals surface area contributed by atoms with Gasteiger partial charge in [0.05, 0.1) is 18.5 Å². The molecule has 4 amide bonds. The Morgan fingerprint density at radius 3 is 2.25 bits per heavy atom. The van der Waals surface area contributed by atoms with Crippen molar-refractivity contribution in [1.29, 1.82) is 0 Å². The Bertz CT molecular complexity index is 1650. The van der Waals surface area contributed by atoms with Crippen LogP contribution in [0.4, 0.5) is 0 Å². The van der Waals surface area contributed by atoms with Crippen molar-refractivity contribution >= 4 is 46.9 Å². The van der Waals surface area contributed by atoms with Crippen molar-refractivity contribution in [3.8, 4) is 0 Å². The van der Waals surface area contributed by atoms with Crippen LogP contribution in [0.2, 0.25) is 0 Å². The van der Waals surface area contributed by atoms with E-state index < -0.39 is 53.9 Å². The van der Waals surface area contributed by atoms with Gasteiger partial charge in [0.1, 0.15) is 16.7 Å². The number of carboxylic acids is 1. The lowest BCUT2D eigenvalue weighted by molar-refractivity contribution is -0.151. The van der Waals surface area contributed by atoms with Gasteiger partial charge >= 0.3 is 11.9 Å². The van der Waals surface area contributed by atoms with E-state index in [0.29, 0.717) is 24.3 Å². The van der Waals surface area contributed by atoms with Gasteiger partial charge in [0.15, 0.2) is 6.10 Å². The first kappa shape index (κ1) is 47.0. The van der Waals surface area contributed by atoms with Crippen LogP contribution in [0.1, 0.15) is 121 Å². The molecular formula is C42H64N6O8S. The van der Waals surface area contributed by atoms with Crippen LogP contribution >= 0.6 is 11.3 Å². The molecule has 2 aromatic rings. The second kappa shape index (κ2) is 22.5. The molecule has 1 aromatic heterocycles. The number of benzene rings is 1. The summed E-state index contributed by atoms with van der Waals surface area (Å²) < 4.78 is 5.83. The molecule has 15 heteroatoms. The van der Waals surface area contributed by atoms with Crippen LogP contribution in [0.15, 0.2) is 35.7 Å². The van der Waals surface area contributed by atoms with Crippen molar-refractivity contribution < 1.29 is 38.6 Å². The number of amides is 4. The van der Waals surface area contributed by atoms with Crippen molar-refractivity contribution in [2.24, 2.45) is 17.8 Å². The van der Waals surface area contributed by atoms with Gasteiger partial charge in [-0.15, -0.1) is 11.3 Å². The number of piperidine rings is 1. The minimum Gasteiger partial charge on any atom is -0.481 e. The van der Waals surface area contributed by atoms with Gasteiger partial charge in [-0.1, -0.05) is 77.8 Å². The first-order valence-corrected chi connectivity index (χ1v) is 21.1. The number of esters is 1. The van der Waals surface area contributed by atoms with E-state index in [1.807, 2.05) is 83.8 Å². The maximum absolute atomic E-state index is 14.8. The van der Waals surface area contributed by atoms with Gasteiger partial charge in [0, 0.05) is 36.9 Å². The monoisotopic (exact) mass is 812 g/mol. The number of carboxylic acid groups (broad SMARTS) is 1.